The van der Waals surface area contributed by atoms with Gasteiger partial charge < -0.3 is 0 Å². The summed E-state index contributed by atoms with van der Waals surface area (Å²) in [7, 11) is -3.51. The Morgan fingerprint density at radius 2 is 2.00 bits per heavy atom. The van der Waals surface area contributed by atoms with Crippen molar-refractivity contribution in [3.8, 4) is 0 Å². The third kappa shape index (κ3) is 2.31. The highest BCUT2D eigenvalue weighted by Crippen LogP contribution is 2.28. The summed E-state index contributed by atoms with van der Waals surface area (Å²) in [6, 6.07) is 0.0114. The fourth-order valence-corrected chi connectivity index (χ4v) is 3.91. The van der Waals surface area contributed by atoms with E-state index in [4.69, 9.17) is 5.84 Å². The summed E-state index contributed by atoms with van der Waals surface area (Å²) in [5.41, 5.74) is 2.26. The molecule has 2 rings (SSSR count). The Hall–Kier alpha value is -1.25. The van der Waals surface area contributed by atoms with Crippen LogP contribution >= 0.6 is 0 Å². The van der Waals surface area contributed by atoms with Crippen molar-refractivity contribution in [1.82, 2.24) is 14.3 Å². The van der Waals surface area contributed by atoms with E-state index in [1.807, 2.05) is 13.8 Å². The molecule has 0 radical (unpaired) electrons. The van der Waals surface area contributed by atoms with Crippen LogP contribution in [0, 0.1) is 5.92 Å². The van der Waals surface area contributed by atoms with Crippen LogP contribution in [0.25, 0.3) is 0 Å². The van der Waals surface area contributed by atoms with E-state index in [1.54, 1.807) is 0 Å². The van der Waals surface area contributed by atoms with Gasteiger partial charge in [-0.3, -0.25) is 5.43 Å². The zero-order chi connectivity index (χ0) is 13.3. The lowest BCUT2D eigenvalue weighted by Gasteiger charge is -2.20. The molecule has 1 fully saturated rings. The minimum atomic E-state index is -3.51. The summed E-state index contributed by atoms with van der Waals surface area (Å²) in [5, 5.41) is 0. The lowest BCUT2D eigenvalue weighted by molar-refractivity contribution is 0.405. The number of nitrogens with one attached hydrogen (secondary N) is 1. The van der Waals surface area contributed by atoms with E-state index in [9.17, 15) is 8.42 Å². The summed E-state index contributed by atoms with van der Waals surface area (Å²) in [5.74, 6) is 5.70. The van der Waals surface area contributed by atoms with Gasteiger partial charge in [-0.15, -0.1) is 0 Å². The first-order chi connectivity index (χ1) is 8.45. The summed E-state index contributed by atoms with van der Waals surface area (Å²) >= 11 is 0. The van der Waals surface area contributed by atoms with Crippen LogP contribution in [0.4, 0.5) is 5.95 Å². The number of nitrogens with two attached hydrogens (primary N) is 1. The van der Waals surface area contributed by atoms with Gasteiger partial charge in [0.15, 0.2) is 0 Å². The number of hydrogen-bond donors (Lipinski definition) is 2. The number of nitrogens with zero attached hydrogens (tertiary/aromatic N) is 3. The predicted octanol–water partition coefficient (Wildman–Crippen LogP) is 0.181. The molecule has 0 aliphatic carbocycles. The number of rotatable bonds is 3. The molecular weight excluding hydrogens is 254 g/mol. The number of aromatic nitrogens is 2. The fraction of sp³-hybridized carbons (Fsp3) is 0.600. The molecule has 1 aliphatic heterocycles. The van der Waals surface area contributed by atoms with Gasteiger partial charge in [0.2, 0.25) is 16.0 Å². The van der Waals surface area contributed by atoms with Crippen LogP contribution in [0.1, 0.15) is 20.3 Å². The molecule has 0 bridgehead atoms. The SMILES string of the molecule is CC1CC(C)N(S(=O)(=O)c2cnc(NN)nc2)C1. The second-order valence-electron chi connectivity index (χ2n) is 4.65. The maximum Gasteiger partial charge on any atom is 0.246 e. The standard InChI is InChI=1S/C10H17N5O2S/c1-7-3-8(2)15(6-7)18(16,17)9-4-12-10(14-11)13-5-9/h4-5,7-8H,3,6,11H2,1-2H3,(H,12,13,14). The lowest BCUT2D eigenvalue weighted by atomic mass is 10.1. The van der Waals surface area contributed by atoms with E-state index >= 15 is 0 Å². The molecule has 1 aromatic rings. The molecule has 1 saturated heterocycles. The van der Waals surface area contributed by atoms with Crippen LogP contribution in [0.15, 0.2) is 17.3 Å². The highest BCUT2D eigenvalue weighted by Gasteiger charge is 2.36. The molecule has 0 saturated carbocycles. The molecule has 0 amide bonds. The summed E-state index contributed by atoms with van der Waals surface area (Å²) in [6.45, 7) is 4.50. The van der Waals surface area contributed by atoms with Gasteiger partial charge in [-0.1, -0.05) is 6.92 Å². The fourth-order valence-electron chi connectivity index (χ4n) is 2.26. The third-order valence-corrected chi connectivity index (χ3v) is 5.02. The Morgan fingerprint density at radius 3 is 2.44 bits per heavy atom. The Balaban J connectivity index is 2.30. The van der Waals surface area contributed by atoms with Gasteiger partial charge in [0.1, 0.15) is 4.90 Å². The third-order valence-electron chi connectivity index (χ3n) is 3.09. The second-order valence-corrected chi connectivity index (χ2v) is 6.54. The molecule has 3 N–H and O–H groups in total. The van der Waals surface area contributed by atoms with Gasteiger partial charge in [0.25, 0.3) is 0 Å². The first-order valence-corrected chi connectivity index (χ1v) is 7.19. The van der Waals surface area contributed by atoms with Gasteiger partial charge in [-0.25, -0.2) is 24.2 Å². The normalized spacial score (nSPS) is 25.3. The maximum absolute atomic E-state index is 12.4. The molecule has 18 heavy (non-hydrogen) atoms. The number of hydrazine groups is 1. The van der Waals surface area contributed by atoms with Gasteiger partial charge >= 0.3 is 0 Å². The van der Waals surface area contributed by atoms with Crippen molar-refractivity contribution < 1.29 is 8.42 Å². The van der Waals surface area contributed by atoms with E-state index in [2.05, 4.69) is 15.4 Å². The Morgan fingerprint density at radius 1 is 1.39 bits per heavy atom. The highest BCUT2D eigenvalue weighted by molar-refractivity contribution is 7.89. The molecular formula is C10H17N5O2S. The quantitative estimate of drug-likeness (QED) is 0.601. The van der Waals surface area contributed by atoms with Gasteiger partial charge in [0.05, 0.1) is 12.4 Å². The van der Waals surface area contributed by atoms with Crippen molar-refractivity contribution in [2.45, 2.75) is 31.2 Å². The summed E-state index contributed by atoms with van der Waals surface area (Å²) < 4.78 is 26.3. The molecule has 2 atom stereocenters. The van der Waals surface area contributed by atoms with E-state index in [0.29, 0.717) is 12.5 Å². The van der Waals surface area contributed by atoms with Crippen LogP contribution in [0.5, 0.6) is 0 Å². The molecule has 8 heteroatoms. The minimum absolute atomic E-state index is 0.0114. The van der Waals surface area contributed by atoms with Gasteiger partial charge in [-0.05, 0) is 19.3 Å². The number of sulfonamides is 1. The second kappa shape index (κ2) is 4.79. The average molecular weight is 271 g/mol. The molecule has 100 valence electrons. The maximum atomic E-state index is 12.4. The number of hydrogen-bond acceptors (Lipinski definition) is 6. The van der Waals surface area contributed by atoms with E-state index in [1.165, 1.54) is 16.7 Å². The van der Waals surface area contributed by atoms with E-state index in [-0.39, 0.29) is 16.9 Å². The molecule has 0 spiro atoms. The van der Waals surface area contributed by atoms with Crippen LogP contribution in [-0.2, 0) is 10.0 Å². The number of anilines is 1. The Bertz CT molecular complexity index is 516. The van der Waals surface area contributed by atoms with Crippen molar-refractivity contribution in [3.63, 3.8) is 0 Å². The van der Waals surface area contributed by atoms with Crippen LogP contribution < -0.4 is 11.3 Å². The van der Waals surface area contributed by atoms with Crippen molar-refractivity contribution in [1.29, 1.82) is 0 Å². The molecule has 2 heterocycles. The van der Waals surface area contributed by atoms with Crippen molar-refractivity contribution in [2.75, 3.05) is 12.0 Å². The zero-order valence-electron chi connectivity index (χ0n) is 10.4. The van der Waals surface area contributed by atoms with Gasteiger partial charge in [-0.2, -0.15) is 4.31 Å². The van der Waals surface area contributed by atoms with Gasteiger partial charge in [0, 0.05) is 12.6 Å². The first-order valence-electron chi connectivity index (χ1n) is 5.75. The zero-order valence-corrected chi connectivity index (χ0v) is 11.2. The van der Waals surface area contributed by atoms with E-state index in [0.717, 1.165) is 6.42 Å². The van der Waals surface area contributed by atoms with E-state index < -0.39 is 10.0 Å². The number of nitrogen functional groups attached to an aromatic ring is 1. The van der Waals surface area contributed by atoms with Crippen molar-refractivity contribution >= 4 is 16.0 Å². The predicted molar refractivity (Wildman–Crippen MR) is 67.0 cm³/mol. The lowest BCUT2D eigenvalue weighted by Crippen LogP contribution is -2.34. The smallest absolute Gasteiger partial charge is 0.246 e. The molecule has 1 aromatic heterocycles. The van der Waals surface area contributed by atoms with Crippen LogP contribution in [-0.4, -0.2) is 35.3 Å². The monoisotopic (exact) mass is 271 g/mol. The highest BCUT2D eigenvalue weighted by atomic mass is 32.2. The molecule has 1 aliphatic rings. The van der Waals surface area contributed by atoms with Crippen LogP contribution in [0.3, 0.4) is 0 Å². The topological polar surface area (TPSA) is 101 Å². The largest absolute Gasteiger partial charge is 0.292 e. The van der Waals surface area contributed by atoms with Crippen molar-refractivity contribution in [3.05, 3.63) is 12.4 Å². The van der Waals surface area contributed by atoms with Crippen molar-refractivity contribution in [2.24, 2.45) is 11.8 Å². The molecule has 7 nitrogen and oxygen atoms in total. The minimum Gasteiger partial charge on any atom is -0.292 e. The van der Waals surface area contributed by atoms with Crippen LogP contribution in [0.2, 0.25) is 0 Å². The Labute approximate surface area is 106 Å². The molecule has 2 unspecified atom stereocenters. The Kier molecular flexibility index (Phi) is 3.51. The summed E-state index contributed by atoms with van der Waals surface area (Å²) in [6.07, 6.45) is 3.42. The first kappa shape index (κ1) is 13.2. The summed E-state index contributed by atoms with van der Waals surface area (Å²) in [4.78, 5) is 7.75. The average Bonchev–Trinajstić information content (AvgIpc) is 2.69. The molecule has 0 aromatic carbocycles.